The third-order valence-electron chi connectivity index (χ3n) is 3.30. The lowest BCUT2D eigenvalue weighted by Crippen LogP contribution is -2.15. The lowest BCUT2D eigenvalue weighted by atomic mass is 10.2. The van der Waals surface area contributed by atoms with E-state index in [-0.39, 0.29) is 28.8 Å². The number of carbonyl (C=O) groups excluding carboxylic acids is 1. The summed E-state index contributed by atoms with van der Waals surface area (Å²) >= 11 is 1.70. The summed E-state index contributed by atoms with van der Waals surface area (Å²) in [6, 6.07) is 4.09. The highest BCUT2D eigenvalue weighted by Crippen LogP contribution is 2.50. The molecular weight excluding hydrogens is 312 g/mol. The summed E-state index contributed by atoms with van der Waals surface area (Å²) in [7, 11) is -3.45. The van der Waals surface area contributed by atoms with Crippen LogP contribution in [0.2, 0.25) is 0 Å². The second-order valence-corrected chi connectivity index (χ2v) is 8.37. The smallest absolute Gasteiger partial charge is 0.249 e. The average Bonchev–Trinajstić information content (AvgIpc) is 2.83. The van der Waals surface area contributed by atoms with Crippen LogP contribution in [0.3, 0.4) is 0 Å². The highest BCUT2D eigenvalue weighted by Gasteiger charge is 2.45. The van der Waals surface area contributed by atoms with Crippen LogP contribution in [0.4, 0.5) is 5.95 Å². The van der Waals surface area contributed by atoms with Gasteiger partial charge in [0.2, 0.25) is 26.8 Å². The Bertz CT molecular complexity index is 793. The minimum Gasteiger partial charge on any atom is -0.293 e. The van der Waals surface area contributed by atoms with Crippen LogP contribution in [0.1, 0.15) is 22.1 Å². The second kappa shape index (κ2) is 4.92. The number of sulfone groups is 1. The summed E-state index contributed by atoms with van der Waals surface area (Å²) in [6.07, 6.45) is 1.82. The fourth-order valence-corrected chi connectivity index (χ4v) is 3.64. The maximum Gasteiger partial charge on any atom is 0.249 e. The van der Waals surface area contributed by atoms with Gasteiger partial charge >= 0.3 is 0 Å². The Morgan fingerprint density at radius 1 is 1.48 bits per heavy atom. The molecule has 0 spiro atoms. The SMILES string of the molecule is Cc1ccc([C@@H]2C[C@@H]2C(=O)Nc2n[nH]c(S(C)(=O)=O)n2)s1. The van der Waals surface area contributed by atoms with E-state index in [9.17, 15) is 13.2 Å². The maximum atomic E-state index is 12.1. The van der Waals surface area contributed by atoms with Crippen LogP contribution in [0, 0.1) is 12.8 Å². The Balaban J connectivity index is 1.64. The molecule has 0 radical (unpaired) electrons. The Hall–Kier alpha value is -1.74. The number of rotatable bonds is 4. The quantitative estimate of drug-likeness (QED) is 0.881. The van der Waals surface area contributed by atoms with Crippen molar-refractivity contribution in [3.8, 4) is 0 Å². The molecule has 2 N–H and O–H groups in total. The summed E-state index contributed by atoms with van der Waals surface area (Å²) in [5.74, 6) is -0.0289. The van der Waals surface area contributed by atoms with Gasteiger partial charge in [-0.2, -0.15) is 4.98 Å². The lowest BCUT2D eigenvalue weighted by molar-refractivity contribution is -0.117. The predicted molar refractivity (Wildman–Crippen MR) is 78.0 cm³/mol. The molecule has 1 aliphatic carbocycles. The van der Waals surface area contributed by atoms with Gasteiger partial charge in [0.1, 0.15) is 0 Å². The topological polar surface area (TPSA) is 105 Å². The molecule has 0 aliphatic heterocycles. The molecule has 2 atom stereocenters. The zero-order valence-electron chi connectivity index (χ0n) is 11.5. The molecule has 2 heterocycles. The van der Waals surface area contributed by atoms with E-state index in [2.05, 4.69) is 20.5 Å². The zero-order chi connectivity index (χ0) is 15.2. The molecule has 0 bridgehead atoms. The van der Waals surface area contributed by atoms with Crippen LogP contribution in [0.15, 0.2) is 17.3 Å². The maximum absolute atomic E-state index is 12.1. The molecule has 1 saturated carbocycles. The normalized spacial score (nSPS) is 21.2. The number of hydrogen-bond donors (Lipinski definition) is 2. The fraction of sp³-hybridized carbons (Fsp3) is 0.417. The van der Waals surface area contributed by atoms with E-state index in [4.69, 9.17) is 0 Å². The molecular formula is C12H14N4O3S2. The molecule has 2 aromatic heterocycles. The van der Waals surface area contributed by atoms with Gasteiger partial charge in [-0.3, -0.25) is 10.1 Å². The van der Waals surface area contributed by atoms with Crippen molar-refractivity contribution in [1.82, 2.24) is 15.2 Å². The number of aromatic nitrogens is 3. The Morgan fingerprint density at radius 3 is 2.81 bits per heavy atom. The van der Waals surface area contributed by atoms with Gasteiger partial charge in [-0.1, -0.05) is 0 Å². The van der Waals surface area contributed by atoms with Crippen LogP contribution in [0.5, 0.6) is 0 Å². The minimum atomic E-state index is -3.45. The standard InChI is InChI=1S/C12H14N4O3S2/c1-6-3-4-9(20-6)7-5-8(7)10(17)13-11-14-12(16-15-11)21(2,18)19/h3-4,7-8H,5H2,1-2H3,(H2,13,14,15,16,17)/t7-,8+/m1/s1. The molecule has 1 fully saturated rings. The Kier molecular flexibility index (Phi) is 3.33. The van der Waals surface area contributed by atoms with Crippen molar-refractivity contribution in [3.63, 3.8) is 0 Å². The van der Waals surface area contributed by atoms with E-state index in [1.54, 1.807) is 11.3 Å². The highest BCUT2D eigenvalue weighted by molar-refractivity contribution is 7.90. The van der Waals surface area contributed by atoms with Gasteiger partial charge < -0.3 is 0 Å². The second-order valence-electron chi connectivity index (χ2n) is 5.12. The molecule has 3 rings (SSSR count). The van der Waals surface area contributed by atoms with E-state index in [0.29, 0.717) is 0 Å². The highest BCUT2D eigenvalue weighted by atomic mass is 32.2. The number of aryl methyl sites for hydroxylation is 1. The van der Waals surface area contributed by atoms with Gasteiger partial charge in [-0.05, 0) is 25.5 Å². The summed E-state index contributed by atoms with van der Waals surface area (Å²) in [4.78, 5) is 18.3. The van der Waals surface area contributed by atoms with E-state index in [0.717, 1.165) is 12.7 Å². The van der Waals surface area contributed by atoms with Gasteiger partial charge in [-0.15, -0.1) is 16.4 Å². The molecule has 2 aromatic rings. The van der Waals surface area contributed by atoms with Crippen molar-refractivity contribution < 1.29 is 13.2 Å². The first-order valence-corrected chi connectivity index (χ1v) is 9.05. The van der Waals surface area contributed by atoms with Gasteiger partial charge in [0.15, 0.2) is 0 Å². The number of hydrogen-bond acceptors (Lipinski definition) is 6. The van der Waals surface area contributed by atoms with Crippen LogP contribution in [-0.4, -0.2) is 35.8 Å². The van der Waals surface area contributed by atoms with E-state index < -0.39 is 9.84 Å². The summed E-state index contributed by atoms with van der Waals surface area (Å²) in [5.41, 5.74) is 0. The molecule has 0 unspecified atom stereocenters. The molecule has 7 nitrogen and oxygen atoms in total. The predicted octanol–water partition coefficient (Wildman–Crippen LogP) is 1.32. The Morgan fingerprint density at radius 2 is 2.24 bits per heavy atom. The zero-order valence-corrected chi connectivity index (χ0v) is 13.1. The van der Waals surface area contributed by atoms with Crippen LogP contribution in [0.25, 0.3) is 0 Å². The summed E-state index contributed by atoms with van der Waals surface area (Å²) in [5, 5.41) is 8.28. The van der Waals surface area contributed by atoms with Crippen LogP contribution < -0.4 is 5.32 Å². The summed E-state index contributed by atoms with van der Waals surface area (Å²) in [6.45, 7) is 2.03. The van der Waals surface area contributed by atoms with Gasteiger partial charge in [-0.25, -0.2) is 13.5 Å². The number of nitrogens with one attached hydrogen (secondary N) is 2. The third-order valence-corrected chi connectivity index (χ3v) is 5.32. The van der Waals surface area contributed by atoms with Crippen molar-refractivity contribution in [3.05, 3.63) is 21.9 Å². The van der Waals surface area contributed by atoms with Crippen molar-refractivity contribution in [2.24, 2.45) is 5.92 Å². The van der Waals surface area contributed by atoms with Crippen molar-refractivity contribution in [2.45, 2.75) is 24.4 Å². The van der Waals surface area contributed by atoms with Crippen LogP contribution in [-0.2, 0) is 14.6 Å². The molecule has 1 amide bonds. The third kappa shape index (κ3) is 2.98. The van der Waals surface area contributed by atoms with E-state index in [1.165, 1.54) is 9.75 Å². The number of carbonyl (C=O) groups is 1. The first kappa shape index (κ1) is 14.2. The molecule has 21 heavy (non-hydrogen) atoms. The summed E-state index contributed by atoms with van der Waals surface area (Å²) < 4.78 is 22.5. The fourth-order valence-electron chi connectivity index (χ4n) is 2.12. The largest absolute Gasteiger partial charge is 0.293 e. The van der Waals surface area contributed by atoms with Gasteiger partial charge in [0.25, 0.3) is 0 Å². The molecule has 112 valence electrons. The van der Waals surface area contributed by atoms with Crippen molar-refractivity contribution in [2.75, 3.05) is 11.6 Å². The van der Waals surface area contributed by atoms with Crippen molar-refractivity contribution >= 4 is 33.0 Å². The lowest BCUT2D eigenvalue weighted by Gasteiger charge is -1.98. The molecule has 1 aliphatic rings. The number of anilines is 1. The number of nitrogens with zero attached hydrogens (tertiary/aromatic N) is 2. The first-order valence-electron chi connectivity index (χ1n) is 6.34. The Labute approximate surface area is 125 Å². The molecule has 0 saturated heterocycles. The number of amides is 1. The number of thiophene rings is 1. The average molecular weight is 326 g/mol. The number of H-pyrrole nitrogens is 1. The monoisotopic (exact) mass is 326 g/mol. The molecule has 0 aromatic carbocycles. The number of aromatic amines is 1. The van der Waals surface area contributed by atoms with Crippen LogP contribution >= 0.6 is 11.3 Å². The van der Waals surface area contributed by atoms with Crippen molar-refractivity contribution in [1.29, 1.82) is 0 Å². The minimum absolute atomic E-state index is 0.00608. The van der Waals surface area contributed by atoms with Gasteiger partial charge in [0, 0.05) is 27.8 Å². The van der Waals surface area contributed by atoms with E-state index in [1.807, 2.05) is 19.1 Å². The van der Waals surface area contributed by atoms with Gasteiger partial charge in [0.05, 0.1) is 0 Å². The molecule has 9 heteroatoms. The van der Waals surface area contributed by atoms with E-state index >= 15 is 0 Å². The first-order chi connectivity index (χ1) is 9.84.